The zero-order chi connectivity index (χ0) is 22.1. The fourth-order valence-corrected chi connectivity index (χ4v) is 4.54. The number of phenolic OH excluding ortho intramolecular Hbond substituents is 1. The molecule has 1 atom stereocenters. The van der Waals surface area contributed by atoms with Crippen molar-refractivity contribution in [2.24, 2.45) is 0 Å². The van der Waals surface area contributed by atoms with Gasteiger partial charge in [-0.25, -0.2) is 22.4 Å². The van der Waals surface area contributed by atoms with Crippen LogP contribution in [0.2, 0.25) is 5.02 Å². The van der Waals surface area contributed by atoms with Crippen molar-refractivity contribution in [3.8, 4) is 5.75 Å². The Bertz CT molecular complexity index is 1150. The van der Waals surface area contributed by atoms with Gasteiger partial charge in [0.05, 0.1) is 34.4 Å². The topological polar surface area (TPSA) is 122 Å². The van der Waals surface area contributed by atoms with Crippen molar-refractivity contribution in [1.29, 1.82) is 0 Å². The number of aromatic hydroxyl groups is 1. The first-order valence-corrected chi connectivity index (χ1v) is 10.5. The summed E-state index contributed by atoms with van der Waals surface area (Å²) in [5.41, 5.74) is 0.103. The molecule has 2 aromatic rings. The van der Waals surface area contributed by atoms with E-state index in [-0.39, 0.29) is 26.9 Å². The normalized spacial score (nSPS) is 16.6. The van der Waals surface area contributed by atoms with E-state index in [2.05, 4.69) is 10.6 Å². The molecule has 0 saturated heterocycles. The Hall–Kier alpha value is -3.11. The van der Waals surface area contributed by atoms with E-state index in [9.17, 15) is 27.5 Å². The number of hydrogen-bond donors (Lipinski definition) is 3. The summed E-state index contributed by atoms with van der Waals surface area (Å²) in [7, 11) is -2.99. The van der Waals surface area contributed by atoms with Crippen molar-refractivity contribution in [1.82, 2.24) is 10.6 Å². The minimum Gasteiger partial charge on any atom is -0.508 e. The molecule has 2 aromatic carbocycles. The summed E-state index contributed by atoms with van der Waals surface area (Å²) < 4.78 is 43.9. The molecule has 11 heteroatoms. The van der Waals surface area contributed by atoms with Crippen molar-refractivity contribution in [3.63, 3.8) is 0 Å². The van der Waals surface area contributed by atoms with E-state index in [1.807, 2.05) is 0 Å². The molecular weight excluding hydrogens is 439 g/mol. The molecule has 158 valence electrons. The quantitative estimate of drug-likeness (QED) is 0.471. The second-order valence-corrected chi connectivity index (χ2v) is 8.74. The van der Waals surface area contributed by atoms with E-state index in [1.165, 1.54) is 24.3 Å². The minimum atomic E-state index is -4.11. The van der Waals surface area contributed by atoms with E-state index in [1.54, 1.807) is 0 Å². The average molecular weight is 455 g/mol. The van der Waals surface area contributed by atoms with Gasteiger partial charge in [-0.05, 0) is 35.9 Å². The molecule has 2 amide bonds. The number of hydrogen-bond acceptors (Lipinski definition) is 6. The van der Waals surface area contributed by atoms with Gasteiger partial charge in [0.15, 0.2) is 9.84 Å². The summed E-state index contributed by atoms with van der Waals surface area (Å²) in [6, 6.07) is 6.80. The molecular formula is C19H16ClFN2O6S. The van der Waals surface area contributed by atoms with E-state index in [0.29, 0.717) is 5.56 Å². The lowest BCUT2D eigenvalue weighted by Crippen LogP contribution is -2.47. The number of amides is 2. The van der Waals surface area contributed by atoms with Crippen LogP contribution in [0.4, 0.5) is 9.18 Å². The highest BCUT2D eigenvalue weighted by molar-refractivity contribution is 7.91. The van der Waals surface area contributed by atoms with Crippen LogP contribution in [-0.2, 0) is 19.4 Å². The number of sulfone groups is 1. The fraction of sp³-hybridized carbons (Fsp3) is 0.158. The third-order valence-electron chi connectivity index (χ3n) is 4.37. The van der Waals surface area contributed by atoms with Crippen molar-refractivity contribution in [3.05, 3.63) is 70.1 Å². The van der Waals surface area contributed by atoms with Crippen LogP contribution in [0.25, 0.3) is 0 Å². The molecule has 0 radical (unpaired) electrons. The van der Waals surface area contributed by atoms with Crippen LogP contribution >= 0.6 is 11.6 Å². The van der Waals surface area contributed by atoms with Crippen LogP contribution in [0.15, 0.2) is 58.6 Å². The van der Waals surface area contributed by atoms with Gasteiger partial charge < -0.3 is 20.5 Å². The van der Waals surface area contributed by atoms with E-state index < -0.39 is 39.4 Å². The molecule has 0 bridgehead atoms. The first-order chi connectivity index (χ1) is 14.1. The molecule has 3 N–H and O–H groups in total. The fourth-order valence-electron chi connectivity index (χ4n) is 2.94. The number of carbonyl (C=O) groups is 2. The van der Waals surface area contributed by atoms with Gasteiger partial charge in [0.2, 0.25) is 0 Å². The van der Waals surface area contributed by atoms with Crippen molar-refractivity contribution in [2.75, 3.05) is 12.9 Å². The number of nitrogens with one attached hydrogen (secondary N) is 2. The molecule has 1 aliphatic heterocycles. The van der Waals surface area contributed by atoms with E-state index in [0.717, 1.165) is 25.3 Å². The van der Waals surface area contributed by atoms with Gasteiger partial charge in [-0.3, -0.25) is 0 Å². The molecule has 30 heavy (non-hydrogen) atoms. The lowest BCUT2D eigenvalue weighted by Gasteiger charge is -2.29. The van der Waals surface area contributed by atoms with Crippen LogP contribution < -0.4 is 10.6 Å². The molecule has 8 nitrogen and oxygen atoms in total. The highest BCUT2D eigenvalue weighted by atomic mass is 35.5. The monoisotopic (exact) mass is 454 g/mol. The Kier molecular flexibility index (Phi) is 5.99. The number of esters is 1. The Morgan fingerprint density at radius 2 is 1.90 bits per heavy atom. The largest absolute Gasteiger partial charge is 0.508 e. The molecule has 1 unspecified atom stereocenters. The SMILES string of the molecule is COC(=O)C1=C(CS(=O)(=O)c2ccc(F)c(Cl)c2)NC(=O)NC1c1ccc(O)cc1. The first-order valence-electron chi connectivity index (χ1n) is 8.48. The first kappa shape index (κ1) is 21.6. The van der Waals surface area contributed by atoms with Crippen molar-refractivity contribution >= 4 is 33.4 Å². The summed E-state index contributed by atoms with van der Waals surface area (Å²) in [6.45, 7) is 0. The summed E-state index contributed by atoms with van der Waals surface area (Å²) in [6.07, 6.45) is 0. The maximum atomic E-state index is 13.4. The predicted molar refractivity (Wildman–Crippen MR) is 105 cm³/mol. The molecule has 0 fully saturated rings. The van der Waals surface area contributed by atoms with Crippen molar-refractivity contribution < 1.29 is 32.2 Å². The molecule has 3 rings (SSSR count). The zero-order valence-electron chi connectivity index (χ0n) is 15.5. The highest BCUT2D eigenvalue weighted by Gasteiger charge is 2.35. The summed E-state index contributed by atoms with van der Waals surface area (Å²) in [5.74, 6) is -2.43. The Morgan fingerprint density at radius 3 is 2.50 bits per heavy atom. The van der Waals surface area contributed by atoms with E-state index in [4.69, 9.17) is 16.3 Å². The molecule has 1 aliphatic rings. The van der Waals surface area contributed by atoms with Gasteiger partial charge in [0.25, 0.3) is 0 Å². The van der Waals surface area contributed by atoms with Crippen LogP contribution in [-0.4, -0.2) is 38.4 Å². The molecule has 1 heterocycles. The number of benzene rings is 2. The number of rotatable bonds is 5. The molecule has 0 spiro atoms. The zero-order valence-corrected chi connectivity index (χ0v) is 17.1. The van der Waals surface area contributed by atoms with Crippen LogP contribution in [0, 0.1) is 5.82 Å². The Morgan fingerprint density at radius 1 is 1.23 bits per heavy atom. The van der Waals surface area contributed by atoms with Gasteiger partial charge in [-0.15, -0.1) is 0 Å². The number of urea groups is 1. The number of methoxy groups -OCH3 is 1. The maximum Gasteiger partial charge on any atom is 0.338 e. The second kappa shape index (κ2) is 8.33. The van der Waals surface area contributed by atoms with Crippen LogP contribution in [0.3, 0.4) is 0 Å². The number of phenols is 1. The Labute approximate surface area is 176 Å². The Balaban J connectivity index is 2.09. The van der Waals surface area contributed by atoms with Gasteiger partial charge in [0.1, 0.15) is 11.6 Å². The van der Waals surface area contributed by atoms with Crippen LogP contribution in [0.1, 0.15) is 11.6 Å². The van der Waals surface area contributed by atoms with Crippen LogP contribution in [0.5, 0.6) is 5.75 Å². The van der Waals surface area contributed by atoms with Crippen molar-refractivity contribution in [2.45, 2.75) is 10.9 Å². The summed E-state index contributed by atoms with van der Waals surface area (Å²) in [4.78, 5) is 24.4. The third-order valence-corrected chi connectivity index (χ3v) is 6.30. The maximum absolute atomic E-state index is 13.4. The summed E-state index contributed by atoms with van der Waals surface area (Å²) >= 11 is 5.68. The standard InChI is InChI=1S/C19H16ClFN2O6S/c1-29-18(25)16-15(9-30(27,28)12-6-7-14(21)13(20)8-12)22-19(26)23-17(16)10-2-4-11(24)5-3-10/h2-8,17,24H,9H2,1H3,(H2,22,23,26). The number of carbonyl (C=O) groups excluding carboxylic acids is 2. The van der Waals surface area contributed by atoms with Gasteiger partial charge in [0, 0.05) is 5.70 Å². The average Bonchev–Trinajstić information content (AvgIpc) is 2.69. The lowest BCUT2D eigenvalue weighted by molar-refractivity contribution is -0.136. The number of ether oxygens (including phenoxy) is 1. The highest BCUT2D eigenvalue weighted by Crippen LogP contribution is 2.30. The van der Waals surface area contributed by atoms with E-state index >= 15 is 0 Å². The number of halogens is 2. The lowest BCUT2D eigenvalue weighted by atomic mass is 9.95. The molecule has 0 aliphatic carbocycles. The third kappa shape index (κ3) is 4.39. The predicted octanol–water partition coefficient (Wildman–Crippen LogP) is 2.44. The minimum absolute atomic E-state index is 0.0291. The van der Waals surface area contributed by atoms with Gasteiger partial charge >= 0.3 is 12.0 Å². The molecule has 0 aromatic heterocycles. The van der Waals surface area contributed by atoms with Gasteiger partial charge in [-0.1, -0.05) is 23.7 Å². The molecule has 0 saturated carbocycles. The smallest absolute Gasteiger partial charge is 0.338 e. The summed E-state index contributed by atoms with van der Waals surface area (Å²) in [5, 5.41) is 14.0. The second-order valence-electron chi connectivity index (χ2n) is 6.34. The van der Waals surface area contributed by atoms with Gasteiger partial charge in [-0.2, -0.15) is 0 Å².